The topological polar surface area (TPSA) is 246 Å². The number of ketones is 1. The van der Waals surface area contributed by atoms with Gasteiger partial charge in [0.1, 0.15) is 22.1 Å². The summed E-state index contributed by atoms with van der Waals surface area (Å²) in [7, 11) is 0. The Morgan fingerprint density at radius 2 is 1.49 bits per heavy atom. The normalized spacial score (nSPS) is 14.8. The van der Waals surface area contributed by atoms with Gasteiger partial charge in [-0.2, -0.15) is 0 Å². The van der Waals surface area contributed by atoms with Crippen molar-refractivity contribution in [3.05, 3.63) is 170 Å². The molecule has 2 atom stereocenters. The first-order chi connectivity index (χ1) is 39.8. The Morgan fingerprint density at radius 3 is 2.04 bits per heavy atom. The molecule has 3 aliphatic rings. The maximum Gasteiger partial charge on any atom is 0.418 e. The Morgan fingerprint density at radius 1 is 0.835 bits per heavy atom. The Balaban J connectivity index is 0.000000195. The van der Waals surface area contributed by atoms with Gasteiger partial charge in [0, 0.05) is 98.8 Å². The fourth-order valence-corrected chi connectivity index (χ4v) is 10.0. The average Bonchev–Trinajstić information content (AvgIpc) is 4.10. The van der Waals surface area contributed by atoms with Crippen molar-refractivity contribution in [2.75, 3.05) is 50.1 Å². The number of aromatic nitrogens is 6. The van der Waals surface area contributed by atoms with E-state index in [9.17, 15) is 14.4 Å². The number of aliphatic imine (C=N–C) groups is 1. The molecule has 7 N–H and O–H groups in total. The standard InChI is InChI=1S/C17H17ClN4O2.C14H11ClN4.C10H8BrNO.C9H5BrO2S.C6H13NO.C4H9NO.2CH4/c1-17(2,3)24-16(23)22-9-7-11-10-12(4-5-13(11)22)20-14-6-8-19-15(18)21-14;15-14-17-8-6-13(19-14)18-12-3-1-10(2-4-12)11-5-7-16-9-11;1-6(13)9-4-7-2-3-8(11)5-10(7)12-9;10-6-2-1-5-3-8(9(11)12)13-7(5)4-6;1-2-6-5-7-3-4-8-6;5-4-1-2-6-3-4;;/h4-10H,1-3H3,(H,19,20,21);1-6,8-9H,7H2,(H,17,18,19);2-5,12H,1H3;1-4H,(H,11,12);6-7H,2-5H2,1H3;4H,1-3,5H2;2*1H4/t;;;;6-;;;/m....0.../s1. The lowest BCUT2D eigenvalue weighted by Gasteiger charge is -2.21. The molecule has 2 saturated heterocycles. The van der Waals surface area contributed by atoms with Gasteiger partial charge in [0.05, 0.1) is 37.1 Å². The van der Waals surface area contributed by atoms with Gasteiger partial charge in [0.25, 0.3) is 0 Å². The number of carbonyl (C=O) groups excluding carboxylic acids is 2. The fourth-order valence-electron chi connectivity index (χ4n) is 7.92. The van der Waals surface area contributed by atoms with Gasteiger partial charge in [-0.1, -0.05) is 84.0 Å². The van der Waals surface area contributed by atoms with Crippen molar-refractivity contribution >= 4 is 151 Å². The third kappa shape index (κ3) is 22.1. The van der Waals surface area contributed by atoms with Crippen LogP contribution in [0.25, 0.3) is 37.5 Å². The molecule has 3 aliphatic heterocycles. The van der Waals surface area contributed by atoms with Gasteiger partial charge in [-0.15, -0.1) is 11.3 Å². The molecule has 4 aromatic carbocycles. The molecule has 12 rings (SSSR count). The first-order valence-electron chi connectivity index (χ1n) is 26.3. The molecule has 2 fully saturated rings. The van der Waals surface area contributed by atoms with Crippen LogP contribution in [0, 0.1) is 0 Å². The highest BCUT2D eigenvalue weighted by atomic mass is 79.9. The van der Waals surface area contributed by atoms with E-state index in [1.54, 1.807) is 43.7 Å². The Labute approximate surface area is 526 Å². The van der Waals surface area contributed by atoms with E-state index in [0.717, 1.165) is 116 Å². The second kappa shape index (κ2) is 33.7. The highest BCUT2D eigenvalue weighted by Gasteiger charge is 2.19. The van der Waals surface area contributed by atoms with E-state index < -0.39 is 17.7 Å². The van der Waals surface area contributed by atoms with Gasteiger partial charge >= 0.3 is 12.1 Å². The molecule has 5 aromatic heterocycles. The highest BCUT2D eigenvalue weighted by molar-refractivity contribution is 9.10. The maximum atomic E-state index is 12.2. The van der Waals surface area contributed by atoms with E-state index in [0.29, 0.717) is 34.4 Å². The van der Waals surface area contributed by atoms with Gasteiger partial charge in [-0.05, 0) is 158 Å². The van der Waals surface area contributed by atoms with Crippen LogP contribution in [0.2, 0.25) is 10.6 Å². The van der Waals surface area contributed by atoms with E-state index in [4.69, 9.17) is 48.3 Å². The summed E-state index contributed by atoms with van der Waals surface area (Å²) in [4.78, 5) is 57.4. The van der Waals surface area contributed by atoms with E-state index in [1.165, 1.54) is 15.9 Å². The zero-order valence-electron chi connectivity index (χ0n) is 46.2. The average molecular weight is 1350 g/mol. The number of ether oxygens (including phenoxy) is 3. The fraction of sp³-hybridized carbons (Fsp3) is 0.290. The van der Waals surface area contributed by atoms with Gasteiger partial charge in [-0.3, -0.25) is 14.4 Å². The van der Waals surface area contributed by atoms with Crippen molar-refractivity contribution in [2.24, 2.45) is 10.7 Å². The van der Waals surface area contributed by atoms with Crippen LogP contribution in [0.3, 0.4) is 0 Å². The number of nitrogens with two attached hydrogens (primary N) is 1. The van der Waals surface area contributed by atoms with Crippen molar-refractivity contribution < 1.29 is 33.7 Å². The van der Waals surface area contributed by atoms with Crippen LogP contribution >= 0.6 is 66.4 Å². The number of hydrogen-bond donors (Lipinski definition) is 6. The number of aromatic carboxylic acids is 1. The van der Waals surface area contributed by atoms with E-state index in [1.807, 2.05) is 118 Å². The number of morpholine rings is 1. The van der Waals surface area contributed by atoms with Gasteiger partial charge in [-0.25, -0.2) is 29.5 Å². The minimum absolute atomic E-state index is 0. The molecule has 450 valence electrons. The molecule has 9 aromatic rings. The number of carboxylic acids is 1. The van der Waals surface area contributed by atoms with E-state index >= 15 is 0 Å². The highest BCUT2D eigenvalue weighted by Crippen LogP contribution is 2.29. The number of allylic oxidation sites excluding steroid dienone is 1. The SMILES string of the molecule is C.C.CC(=O)c1cc2ccc(Br)cc2[nH]1.CC(C)(C)OC(=O)n1ccc2cc(Nc3ccnc(Cl)n3)ccc21.CC[C@H]1CNCCO1.Clc1nccc(Nc2ccc(C3=CCN=C3)cc2)n1.NC1CCOC1.O=C(O)c1cc2ccc(Br)cc2s1. The lowest BCUT2D eigenvalue weighted by Crippen LogP contribution is -2.37. The Kier molecular flexibility index (Phi) is 27.3. The van der Waals surface area contributed by atoms with E-state index in [2.05, 4.69) is 90.7 Å². The summed E-state index contributed by atoms with van der Waals surface area (Å²) < 4.78 is 20.2. The monoisotopic (exact) mass is 1340 g/mol. The van der Waals surface area contributed by atoms with Gasteiger partial charge < -0.3 is 46.0 Å². The van der Waals surface area contributed by atoms with Gasteiger partial charge in [0.2, 0.25) is 10.6 Å². The third-order valence-corrected chi connectivity index (χ3v) is 14.5. The number of halogens is 4. The number of thiophene rings is 1. The number of aromatic amines is 1. The summed E-state index contributed by atoms with van der Waals surface area (Å²) in [6.45, 7) is 14.6. The van der Waals surface area contributed by atoms with Crippen molar-refractivity contribution in [1.82, 2.24) is 34.8 Å². The number of fused-ring (bicyclic) bond motifs is 3. The zero-order chi connectivity index (χ0) is 59.5. The lowest BCUT2D eigenvalue weighted by molar-refractivity contribution is 0.0267. The number of carbonyl (C=O) groups is 3. The van der Waals surface area contributed by atoms with E-state index in [-0.39, 0.29) is 31.2 Å². The minimum Gasteiger partial charge on any atom is -0.477 e. The molecule has 0 radical (unpaired) electrons. The van der Waals surface area contributed by atoms with Crippen LogP contribution in [-0.2, 0) is 14.2 Å². The minimum atomic E-state index is -0.864. The number of hydrogen-bond acceptors (Lipinski definition) is 16. The largest absolute Gasteiger partial charge is 0.477 e. The summed E-state index contributed by atoms with van der Waals surface area (Å²) in [5.74, 6) is 0.472. The predicted molar refractivity (Wildman–Crippen MR) is 354 cm³/mol. The van der Waals surface area contributed by atoms with Crippen molar-refractivity contribution in [2.45, 2.75) is 80.1 Å². The van der Waals surface area contributed by atoms with Crippen molar-refractivity contribution in [3.8, 4) is 0 Å². The van der Waals surface area contributed by atoms with Crippen LogP contribution < -0.4 is 21.7 Å². The summed E-state index contributed by atoms with van der Waals surface area (Å²) in [5, 5.41) is 21.7. The Hall–Kier alpha value is -6.92. The number of nitrogens with zero attached hydrogens (tertiary/aromatic N) is 6. The molecule has 0 bridgehead atoms. The first-order valence-corrected chi connectivity index (χ1v) is 29.5. The third-order valence-electron chi connectivity index (χ3n) is 12.0. The molecule has 8 heterocycles. The molecular weight excluding hydrogens is 1270 g/mol. The molecule has 23 heteroatoms. The molecule has 0 aliphatic carbocycles. The number of rotatable bonds is 8. The number of benzene rings is 4. The summed E-state index contributed by atoms with van der Waals surface area (Å²) >= 11 is 19.5. The maximum absolute atomic E-state index is 12.2. The molecular formula is C62H71Br2Cl2N11O7S. The number of Topliss-reactive ketones (excluding diaryl/α,β-unsaturated/α-hetero) is 1. The molecule has 0 amide bonds. The molecule has 0 spiro atoms. The molecule has 0 saturated carbocycles. The van der Waals surface area contributed by atoms with Crippen LogP contribution in [0.5, 0.6) is 0 Å². The van der Waals surface area contributed by atoms with Crippen molar-refractivity contribution in [1.29, 1.82) is 0 Å². The van der Waals surface area contributed by atoms with Crippen molar-refractivity contribution in [3.63, 3.8) is 0 Å². The number of nitrogens with one attached hydrogen (secondary N) is 4. The smallest absolute Gasteiger partial charge is 0.418 e. The number of carboxylic acid groups (broad SMARTS) is 1. The van der Waals surface area contributed by atoms with Crippen LogP contribution in [0.15, 0.2) is 148 Å². The molecule has 85 heavy (non-hydrogen) atoms. The number of anilines is 4. The van der Waals surface area contributed by atoms with Crippen LogP contribution in [-0.4, -0.2) is 116 Å². The second-order valence-corrected chi connectivity index (χ2v) is 23.2. The summed E-state index contributed by atoms with van der Waals surface area (Å²) in [6, 6.07) is 34.6. The first kappa shape index (κ1) is 68.9. The summed E-state index contributed by atoms with van der Waals surface area (Å²) in [5.41, 5.74) is 11.4. The van der Waals surface area contributed by atoms with Crippen LogP contribution in [0.4, 0.5) is 27.8 Å². The quantitative estimate of drug-likeness (QED) is 0.0612. The summed E-state index contributed by atoms with van der Waals surface area (Å²) in [6.07, 6.45) is 11.1. The van der Waals surface area contributed by atoms with Gasteiger partial charge in [0.15, 0.2) is 5.78 Å². The zero-order valence-corrected chi connectivity index (χ0v) is 51.7. The Bertz CT molecular complexity index is 3600. The lowest BCUT2D eigenvalue weighted by atomic mass is 10.1. The molecule has 1 unspecified atom stereocenters. The van der Waals surface area contributed by atoms with Crippen LogP contribution in [0.1, 0.15) is 88.0 Å². The second-order valence-electron chi connectivity index (χ2n) is 19.6. The molecule has 18 nitrogen and oxygen atoms in total. The predicted octanol–water partition coefficient (Wildman–Crippen LogP) is 15.8. The number of H-pyrrole nitrogens is 1.